The molecule has 174 valence electrons. The molecule has 0 amide bonds. The van der Waals surface area contributed by atoms with Crippen LogP contribution in [0.15, 0.2) is 35.7 Å². The maximum absolute atomic E-state index is 14.6. The Kier molecular flexibility index (Phi) is 7.02. The molecular weight excluding hydrogens is 446 g/mol. The van der Waals surface area contributed by atoms with Gasteiger partial charge in [-0.2, -0.15) is 0 Å². The van der Waals surface area contributed by atoms with Crippen LogP contribution in [0.5, 0.6) is 5.75 Å². The van der Waals surface area contributed by atoms with Crippen molar-refractivity contribution < 1.29 is 13.9 Å². The highest BCUT2D eigenvalue weighted by Gasteiger charge is 2.33. The second-order valence-corrected chi connectivity index (χ2v) is 8.98. The van der Waals surface area contributed by atoms with Crippen molar-refractivity contribution in [2.45, 2.75) is 50.0 Å². The van der Waals surface area contributed by atoms with Gasteiger partial charge in [-0.25, -0.2) is 23.7 Å². The molecule has 4 rings (SSSR count). The standard InChI is InChI=1S/C23H26F2N6OS/c1-4-13-5-8-16(24)18(9-13)31(2)20-12-26-22(30-29-20)15-7-6-14(10-19(15)32)21-17(25)11-27-23(28-21)33-3/h6-7,10-13,16,18,32H,4-5,8-9H2,1-3H3/t13-,16+,18-/m1/s1. The fraction of sp³-hybridized carbons (Fsp3) is 0.435. The molecule has 7 nitrogen and oxygen atoms in total. The van der Waals surface area contributed by atoms with Crippen LogP contribution in [0, 0.1) is 11.7 Å². The highest BCUT2D eigenvalue weighted by Crippen LogP contribution is 2.34. The van der Waals surface area contributed by atoms with Crippen LogP contribution in [0.2, 0.25) is 0 Å². The van der Waals surface area contributed by atoms with Gasteiger partial charge in [-0.1, -0.05) is 31.2 Å². The number of phenolic OH excluding ortho intramolecular Hbond substituents is 1. The molecule has 1 aromatic carbocycles. The van der Waals surface area contributed by atoms with Gasteiger partial charge >= 0.3 is 0 Å². The monoisotopic (exact) mass is 472 g/mol. The number of halogens is 2. The quantitative estimate of drug-likeness (QED) is 0.400. The van der Waals surface area contributed by atoms with Crippen molar-refractivity contribution in [3.63, 3.8) is 0 Å². The van der Waals surface area contributed by atoms with Crippen LogP contribution in [0.4, 0.5) is 14.6 Å². The lowest BCUT2D eigenvalue weighted by Gasteiger charge is -2.37. The van der Waals surface area contributed by atoms with E-state index >= 15 is 0 Å². The number of hydrogen-bond acceptors (Lipinski definition) is 8. The summed E-state index contributed by atoms with van der Waals surface area (Å²) in [6.45, 7) is 2.13. The van der Waals surface area contributed by atoms with Gasteiger partial charge in [0.25, 0.3) is 0 Å². The van der Waals surface area contributed by atoms with E-state index in [9.17, 15) is 13.9 Å². The van der Waals surface area contributed by atoms with Gasteiger partial charge < -0.3 is 10.0 Å². The number of rotatable bonds is 6. The largest absolute Gasteiger partial charge is 0.507 e. The Morgan fingerprint density at radius 2 is 2.00 bits per heavy atom. The van der Waals surface area contributed by atoms with Gasteiger partial charge in [0.15, 0.2) is 22.6 Å². The van der Waals surface area contributed by atoms with Crippen molar-refractivity contribution >= 4 is 17.6 Å². The molecular formula is C23H26F2N6OS. The average Bonchev–Trinajstić information content (AvgIpc) is 2.84. The normalized spacial score (nSPS) is 20.6. The van der Waals surface area contributed by atoms with Crippen molar-refractivity contribution in [2.75, 3.05) is 18.2 Å². The molecule has 1 aliphatic carbocycles. The van der Waals surface area contributed by atoms with Crippen LogP contribution in [0.1, 0.15) is 32.6 Å². The van der Waals surface area contributed by atoms with Gasteiger partial charge in [-0.15, -0.1) is 10.2 Å². The molecule has 1 aliphatic rings. The van der Waals surface area contributed by atoms with Crippen molar-refractivity contribution in [1.82, 2.24) is 25.1 Å². The SMILES string of the molecule is CC[C@@H]1CC[C@H](F)[C@H](N(C)c2cnc(-c3ccc(-c4nc(SC)ncc4F)cc3O)nn2)C1. The molecule has 0 radical (unpaired) electrons. The fourth-order valence-corrected chi connectivity index (χ4v) is 4.55. The van der Waals surface area contributed by atoms with Gasteiger partial charge in [-0.3, -0.25) is 0 Å². The highest BCUT2D eigenvalue weighted by atomic mass is 32.2. The molecule has 2 aromatic heterocycles. The summed E-state index contributed by atoms with van der Waals surface area (Å²) in [6.07, 6.45) is 6.81. The summed E-state index contributed by atoms with van der Waals surface area (Å²) in [4.78, 5) is 14.2. The lowest BCUT2D eigenvalue weighted by atomic mass is 9.82. The Balaban J connectivity index is 1.56. The number of anilines is 1. The predicted molar refractivity (Wildman–Crippen MR) is 124 cm³/mol. The van der Waals surface area contributed by atoms with Crippen LogP contribution in [-0.4, -0.2) is 55.8 Å². The minimum absolute atomic E-state index is 0.103. The van der Waals surface area contributed by atoms with E-state index in [-0.39, 0.29) is 23.3 Å². The number of aromatic hydroxyl groups is 1. The number of aromatic nitrogens is 5. The van der Waals surface area contributed by atoms with E-state index in [0.29, 0.717) is 34.4 Å². The molecule has 0 aliphatic heterocycles. The first-order valence-electron chi connectivity index (χ1n) is 10.9. The minimum atomic E-state index is -0.912. The van der Waals surface area contributed by atoms with Gasteiger partial charge in [0.2, 0.25) is 0 Å². The Bertz CT molecular complexity index is 1120. The van der Waals surface area contributed by atoms with Crippen molar-refractivity contribution in [2.24, 2.45) is 5.92 Å². The number of nitrogens with zero attached hydrogens (tertiary/aromatic N) is 6. The van der Waals surface area contributed by atoms with Gasteiger partial charge in [0.1, 0.15) is 17.6 Å². The maximum atomic E-state index is 14.6. The molecule has 1 fully saturated rings. The Hall–Kier alpha value is -2.88. The van der Waals surface area contributed by atoms with Crippen LogP contribution in [-0.2, 0) is 0 Å². The lowest BCUT2D eigenvalue weighted by molar-refractivity contribution is 0.170. The highest BCUT2D eigenvalue weighted by molar-refractivity contribution is 7.98. The average molecular weight is 473 g/mol. The molecule has 1 N–H and O–H groups in total. The van der Waals surface area contributed by atoms with Gasteiger partial charge in [0.05, 0.1) is 24.0 Å². The summed E-state index contributed by atoms with van der Waals surface area (Å²) in [5, 5.41) is 19.4. The van der Waals surface area contributed by atoms with Gasteiger partial charge in [-0.05, 0) is 43.6 Å². The van der Waals surface area contributed by atoms with E-state index in [2.05, 4.69) is 32.1 Å². The Labute approximate surface area is 195 Å². The summed E-state index contributed by atoms with van der Waals surface area (Å²) in [7, 11) is 1.81. The van der Waals surface area contributed by atoms with E-state index in [4.69, 9.17) is 0 Å². The summed E-state index contributed by atoms with van der Waals surface area (Å²) in [6, 6.07) is 4.38. The summed E-state index contributed by atoms with van der Waals surface area (Å²) in [5.41, 5.74) is 0.866. The molecule has 0 spiro atoms. The molecule has 33 heavy (non-hydrogen) atoms. The molecule has 3 aromatic rings. The first kappa shape index (κ1) is 23.3. The van der Waals surface area contributed by atoms with Crippen molar-refractivity contribution in [3.8, 4) is 28.4 Å². The van der Waals surface area contributed by atoms with E-state index in [1.807, 2.05) is 7.05 Å². The zero-order valence-electron chi connectivity index (χ0n) is 18.7. The zero-order chi connectivity index (χ0) is 23.5. The summed E-state index contributed by atoms with van der Waals surface area (Å²) >= 11 is 1.30. The zero-order valence-corrected chi connectivity index (χ0v) is 19.6. The first-order valence-corrected chi connectivity index (χ1v) is 12.1. The van der Waals surface area contributed by atoms with Crippen LogP contribution in [0.3, 0.4) is 0 Å². The second kappa shape index (κ2) is 9.94. The smallest absolute Gasteiger partial charge is 0.187 e. The Morgan fingerprint density at radius 1 is 1.18 bits per heavy atom. The first-order chi connectivity index (χ1) is 15.9. The Morgan fingerprint density at radius 3 is 2.67 bits per heavy atom. The summed E-state index contributed by atoms with van der Waals surface area (Å²) in [5.74, 6) is 0.500. The van der Waals surface area contributed by atoms with Gasteiger partial charge in [0, 0.05) is 12.6 Å². The molecule has 10 heteroatoms. The fourth-order valence-electron chi connectivity index (χ4n) is 4.21. The summed E-state index contributed by atoms with van der Waals surface area (Å²) < 4.78 is 28.8. The van der Waals surface area contributed by atoms with E-state index in [0.717, 1.165) is 25.5 Å². The molecule has 3 atom stereocenters. The van der Waals surface area contributed by atoms with Crippen molar-refractivity contribution in [1.29, 1.82) is 0 Å². The molecule has 0 unspecified atom stereocenters. The lowest BCUT2D eigenvalue weighted by Crippen LogP contribution is -2.44. The predicted octanol–water partition coefficient (Wildman–Crippen LogP) is 4.92. The van der Waals surface area contributed by atoms with Crippen molar-refractivity contribution in [3.05, 3.63) is 36.4 Å². The third-order valence-corrected chi connectivity index (χ3v) is 6.81. The number of phenols is 1. The van der Waals surface area contributed by atoms with E-state index in [1.54, 1.807) is 23.3 Å². The number of thioether (sulfide) groups is 1. The van der Waals surface area contributed by atoms with E-state index < -0.39 is 12.0 Å². The molecule has 1 saturated carbocycles. The van der Waals surface area contributed by atoms with E-state index in [1.165, 1.54) is 24.0 Å². The van der Waals surface area contributed by atoms with Crippen LogP contribution >= 0.6 is 11.8 Å². The topological polar surface area (TPSA) is 87.9 Å². The van der Waals surface area contributed by atoms with Crippen LogP contribution in [0.25, 0.3) is 22.6 Å². The second-order valence-electron chi connectivity index (χ2n) is 8.21. The number of alkyl halides is 1. The third-order valence-electron chi connectivity index (χ3n) is 6.25. The minimum Gasteiger partial charge on any atom is -0.507 e. The molecule has 2 heterocycles. The van der Waals surface area contributed by atoms with Crippen LogP contribution < -0.4 is 4.90 Å². The molecule has 0 saturated heterocycles. The third kappa shape index (κ3) is 4.90. The number of hydrogen-bond donors (Lipinski definition) is 1. The maximum Gasteiger partial charge on any atom is 0.187 e. The number of benzene rings is 1. The molecule has 0 bridgehead atoms.